The standard InChI is InChI=1S/C25H24N8O5S/c1-4-38-20-10-5-7-15(29-20)24-31-23-25(33(24)22-18(36-2)8-6-9-19(22)37-3)30-17(14-28-23)21(32-39(34)35)16-13-26-11-12-27-16/h5-14,21,32H,4H2,1-3H3,(H,34,35). The third-order valence-electron chi connectivity index (χ3n) is 5.65. The van der Waals surface area contributed by atoms with E-state index in [9.17, 15) is 8.76 Å². The van der Waals surface area contributed by atoms with Crippen molar-refractivity contribution in [3.05, 3.63) is 72.6 Å². The van der Waals surface area contributed by atoms with Gasteiger partial charge in [-0.05, 0) is 25.1 Å². The van der Waals surface area contributed by atoms with Gasteiger partial charge < -0.3 is 14.2 Å². The molecule has 0 fully saturated rings. The summed E-state index contributed by atoms with van der Waals surface area (Å²) in [6, 6.07) is 9.84. The number of methoxy groups -OCH3 is 2. The number of imidazole rings is 1. The monoisotopic (exact) mass is 548 g/mol. The van der Waals surface area contributed by atoms with Gasteiger partial charge in [-0.25, -0.2) is 24.1 Å². The Balaban J connectivity index is 1.81. The highest BCUT2D eigenvalue weighted by atomic mass is 32.2. The van der Waals surface area contributed by atoms with Crippen molar-refractivity contribution in [2.75, 3.05) is 20.8 Å². The Morgan fingerprint density at radius 1 is 0.974 bits per heavy atom. The molecule has 39 heavy (non-hydrogen) atoms. The van der Waals surface area contributed by atoms with Gasteiger partial charge in [-0.1, -0.05) is 12.1 Å². The van der Waals surface area contributed by atoms with Gasteiger partial charge in [0.2, 0.25) is 17.1 Å². The summed E-state index contributed by atoms with van der Waals surface area (Å²) in [5, 5.41) is 0. The zero-order valence-corrected chi connectivity index (χ0v) is 22.0. The molecule has 2 atom stereocenters. The van der Waals surface area contributed by atoms with Gasteiger partial charge in [0.25, 0.3) is 0 Å². The van der Waals surface area contributed by atoms with Crippen LogP contribution >= 0.6 is 0 Å². The fraction of sp³-hybridized carbons (Fsp3) is 0.200. The highest BCUT2D eigenvalue weighted by Gasteiger charge is 2.26. The summed E-state index contributed by atoms with van der Waals surface area (Å²) in [7, 11) is 3.10. The molecule has 13 nitrogen and oxygen atoms in total. The number of rotatable bonds is 10. The number of nitrogens with one attached hydrogen (secondary N) is 1. The van der Waals surface area contributed by atoms with Gasteiger partial charge in [-0.3, -0.25) is 19.1 Å². The van der Waals surface area contributed by atoms with Crippen LogP contribution in [0.25, 0.3) is 28.5 Å². The smallest absolute Gasteiger partial charge is 0.232 e. The van der Waals surface area contributed by atoms with Crippen molar-refractivity contribution < 1.29 is 23.0 Å². The molecule has 2 N–H and O–H groups in total. The van der Waals surface area contributed by atoms with Crippen molar-refractivity contribution in [1.29, 1.82) is 0 Å². The third-order valence-corrected chi connectivity index (χ3v) is 6.09. The van der Waals surface area contributed by atoms with E-state index in [4.69, 9.17) is 24.2 Å². The van der Waals surface area contributed by atoms with Crippen molar-refractivity contribution >= 4 is 22.6 Å². The summed E-state index contributed by atoms with van der Waals surface area (Å²) in [6.45, 7) is 2.32. The van der Waals surface area contributed by atoms with Crippen molar-refractivity contribution in [1.82, 2.24) is 39.2 Å². The summed E-state index contributed by atoms with van der Waals surface area (Å²) in [5.41, 5.74) is 2.32. The summed E-state index contributed by atoms with van der Waals surface area (Å²) in [6.07, 6.45) is 5.93. The maximum atomic E-state index is 11.8. The van der Waals surface area contributed by atoms with Gasteiger partial charge in [0.15, 0.2) is 17.1 Å². The predicted molar refractivity (Wildman–Crippen MR) is 142 cm³/mol. The van der Waals surface area contributed by atoms with Crippen molar-refractivity contribution in [2.24, 2.45) is 0 Å². The van der Waals surface area contributed by atoms with Gasteiger partial charge in [0, 0.05) is 18.5 Å². The van der Waals surface area contributed by atoms with E-state index in [0.717, 1.165) is 0 Å². The van der Waals surface area contributed by atoms with Crippen LogP contribution in [0.1, 0.15) is 24.4 Å². The molecule has 0 radical (unpaired) electrons. The molecule has 14 heteroatoms. The highest BCUT2D eigenvalue weighted by molar-refractivity contribution is 7.77. The fourth-order valence-electron chi connectivity index (χ4n) is 4.04. The Morgan fingerprint density at radius 2 is 1.74 bits per heavy atom. The number of ether oxygens (including phenoxy) is 3. The molecule has 4 aromatic heterocycles. The Hall–Kier alpha value is -4.53. The predicted octanol–water partition coefficient (Wildman–Crippen LogP) is 2.90. The van der Waals surface area contributed by atoms with Crippen LogP contribution in [0.5, 0.6) is 17.4 Å². The van der Waals surface area contributed by atoms with Crippen molar-refractivity contribution in [2.45, 2.75) is 13.0 Å². The maximum absolute atomic E-state index is 11.8. The van der Waals surface area contributed by atoms with E-state index in [1.807, 2.05) is 13.0 Å². The Kier molecular flexibility index (Phi) is 7.67. The van der Waals surface area contributed by atoms with Crippen LogP contribution < -0.4 is 18.9 Å². The topological polar surface area (TPSA) is 159 Å². The van der Waals surface area contributed by atoms with E-state index in [2.05, 4.69) is 24.7 Å². The second-order valence-electron chi connectivity index (χ2n) is 7.95. The lowest BCUT2D eigenvalue weighted by atomic mass is 10.1. The SMILES string of the molecule is CCOc1cccc(-c2nc3ncc(C(NS(=O)O)c4cnccn4)nc3n2-c2c(OC)cccc2OC)n1. The average Bonchev–Trinajstić information content (AvgIpc) is 3.34. The van der Waals surface area contributed by atoms with Crippen LogP contribution in [0.3, 0.4) is 0 Å². The number of para-hydroxylation sites is 1. The minimum atomic E-state index is -2.38. The van der Waals surface area contributed by atoms with E-state index in [0.29, 0.717) is 63.9 Å². The number of hydrogen-bond donors (Lipinski definition) is 2. The van der Waals surface area contributed by atoms with Crippen LogP contribution in [-0.4, -0.2) is 64.1 Å². The minimum absolute atomic E-state index is 0.299. The molecular formula is C25H24N8O5S. The lowest BCUT2D eigenvalue weighted by Gasteiger charge is -2.17. The van der Waals surface area contributed by atoms with Gasteiger partial charge in [0.05, 0.1) is 44.6 Å². The van der Waals surface area contributed by atoms with Crippen molar-refractivity contribution in [3.63, 3.8) is 0 Å². The summed E-state index contributed by atoms with van der Waals surface area (Å²) in [5.74, 6) is 1.81. The lowest BCUT2D eigenvalue weighted by molar-refractivity contribution is 0.327. The number of benzene rings is 1. The number of aromatic nitrogens is 7. The molecule has 2 unspecified atom stereocenters. The van der Waals surface area contributed by atoms with E-state index in [1.165, 1.54) is 24.8 Å². The molecule has 0 aliphatic heterocycles. The van der Waals surface area contributed by atoms with Gasteiger partial charge in [0.1, 0.15) is 28.9 Å². The number of fused-ring (bicyclic) bond motifs is 1. The van der Waals surface area contributed by atoms with Crippen LogP contribution in [-0.2, 0) is 11.3 Å². The molecule has 5 rings (SSSR count). The number of nitrogens with zero attached hydrogens (tertiary/aromatic N) is 7. The molecule has 0 spiro atoms. The lowest BCUT2D eigenvalue weighted by Crippen LogP contribution is -2.26. The largest absolute Gasteiger partial charge is 0.494 e. The first kappa shape index (κ1) is 26.1. The molecule has 200 valence electrons. The first-order chi connectivity index (χ1) is 19.0. The Labute approximate surface area is 225 Å². The third kappa shape index (κ3) is 5.25. The first-order valence-corrected chi connectivity index (χ1v) is 12.8. The summed E-state index contributed by atoms with van der Waals surface area (Å²) in [4.78, 5) is 27.1. The number of hydrogen-bond acceptors (Lipinski definition) is 10. The average molecular weight is 549 g/mol. The molecular weight excluding hydrogens is 524 g/mol. The molecule has 0 saturated heterocycles. The van der Waals surface area contributed by atoms with Gasteiger partial charge >= 0.3 is 0 Å². The van der Waals surface area contributed by atoms with Gasteiger partial charge in [-0.2, -0.15) is 4.72 Å². The summed E-state index contributed by atoms with van der Waals surface area (Å²) >= 11 is -2.38. The molecule has 0 amide bonds. The van der Waals surface area contributed by atoms with E-state index in [-0.39, 0.29) is 0 Å². The van der Waals surface area contributed by atoms with Crippen LogP contribution in [0.15, 0.2) is 61.2 Å². The van der Waals surface area contributed by atoms with Crippen LogP contribution in [0.4, 0.5) is 0 Å². The maximum Gasteiger partial charge on any atom is 0.232 e. The molecule has 4 heterocycles. The van der Waals surface area contributed by atoms with Crippen LogP contribution in [0.2, 0.25) is 0 Å². The zero-order chi connectivity index (χ0) is 27.4. The first-order valence-electron chi connectivity index (χ1n) is 11.7. The molecule has 0 saturated carbocycles. The Morgan fingerprint density at radius 3 is 2.41 bits per heavy atom. The second kappa shape index (κ2) is 11.5. The van der Waals surface area contributed by atoms with E-state index >= 15 is 0 Å². The van der Waals surface area contributed by atoms with E-state index in [1.54, 1.807) is 49.1 Å². The molecule has 0 bridgehead atoms. The van der Waals surface area contributed by atoms with Gasteiger partial charge in [-0.15, -0.1) is 0 Å². The highest BCUT2D eigenvalue weighted by Crippen LogP contribution is 2.38. The molecule has 5 aromatic rings. The Bertz CT molecular complexity index is 1610. The van der Waals surface area contributed by atoms with Crippen molar-refractivity contribution in [3.8, 4) is 34.6 Å². The molecule has 0 aliphatic carbocycles. The second-order valence-corrected chi connectivity index (χ2v) is 8.68. The minimum Gasteiger partial charge on any atom is -0.494 e. The quantitative estimate of drug-likeness (QED) is 0.247. The summed E-state index contributed by atoms with van der Waals surface area (Å²) < 4.78 is 42.7. The normalized spacial score (nSPS) is 12.7. The van der Waals surface area contributed by atoms with E-state index < -0.39 is 17.3 Å². The zero-order valence-electron chi connectivity index (χ0n) is 21.2. The molecule has 0 aliphatic rings. The van der Waals surface area contributed by atoms with Crippen LogP contribution in [0, 0.1) is 0 Å². The fourth-order valence-corrected chi connectivity index (χ4v) is 4.48. The molecule has 1 aromatic carbocycles. The number of pyridine rings is 1.